The predicted octanol–water partition coefficient (Wildman–Crippen LogP) is 1.23. The van der Waals surface area contributed by atoms with Crippen molar-refractivity contribution in [2.24, 2.45) is 0 Å². The van der Waals surface area contributed by atoms with Crippen molar-refractivity contribution in [1.82, 2.24) is 10.3 Å². The van der Waals surface area contributed by atoms with Crippen LogP contribution < -0.4 is 10.1 Å². The molecule has 0 atom stereocenters. The Kier molecular flexibility index (Phi) is 3.91. The minimum Gasteiger partial charge on any atom is -0.494 e. The molecule has 0 unspecified atom stereocenters. The van der Waals surface area contributed by atoms with Crippen LogP contribution in [0.25, 0.3) is 0 Å². The van der Waals surface area contributed by atoms with Crippen LogP contribution in [-0.4, -0.2) is 24.5 Å². The van der Waals surface area contributed by atoms with Gasteiger partial charge in [0, 0.05) is 12.7 Å². The van der Waals surface area contributed by atoms with Crippen LogP contribution in [0.1, 0.15) is 23.7 Å². The molecule has 0 aromatic carbocycles. The summed E-state index contributed by atoms with van der Waals surface area (Å²) in [5.41, 5.74) is 0.524. The molecule has 1 aromatic rings. The number of ether oxygens (including phenoxy) is 1. The second-order valence-corrected chi connectivity index (χ2v) is 2.83. The van der Waals surface area contributed by atoms with Crippen LogP contribution in [0.4, 0.5) is 0 Å². The summed E-state index contributed by atoms with van der Waals surface area (Å²) in [4.78, 5) is 15.4. The van der Waals surface area contributed by atoms with Crippen molar-refractivity contribution in [3.8, 4) is 5.75 Å². The topological polar surface area (TPSA) is 51.2 Å². The molecule has 0 spiro atoms. The van der Waals surface area contributed by atoms with Gasteiger partial charge >= 0.3 is 0 Å². The van der Waals surface area contributed by atoms with Crippen LogP contribution in [0.2, 0.25) is 0 Å². The Morgan fingerprint density at radius 2 is 2.43 bits per heavy atom. The molecule has 76 valence electrons. The van der Waals surface area contributed by atoms with Gasteiger partial charge in [0.25, 0.3) is 5.91 Å². The smallest absolute Gasteiger partial charge is 0.255 e. The summed E-state index contributed by atoms with van der Waals surface area (Å²) in [5, 5.41) is 2.78. The normalized spacial score (nSPS) is 9.57. The molecule has 0 aliphatic carbocycles. The van der Waals surface area contributed by atoms with E-state index in [0.717, 1.165) is 6.42 Å². The molecule has 1 rings (SSSR count). The van der Waals surface area contributed by atoms with Gasteiger partial charge in [-0.05, 0) is 12.5 Å². The maximum atomic E-state index is 11.6. The Labute approximate surface area is 83.3 Å². The number of amides is 1. The number of hydrogen-bond acceptors (Lipinski definition) is 3. The van der Waals surface area contributed by atoms with Gasteiger partial charge in [0.1, 0.15) is 5.75 Å². The lowest BCUT2D eigenvalue weighted by Crippen LogP contribution is -2.24. The van der Waals surface area contributed by atoms with Crippen molar-refractivity contribution in [2.45, 2.75) is 13.3 Å². The fourth-order valence-corrected chi connectivity index (χ4v) is 1.06. The first-order chi connectivity index (χ1) is 6.79. The Hall–Kier alpha value is -1.58. The molecule has 0 fully saturated rings. The van der Waals surface area contributed by atoms with Gasteiger partial charge in [-0.3, -0.25) is 9.78 Å². The number of carbonyl (C=O) groups excluding carboxylic acids is 1. The third kappa shape index (κ3) is 2.45. The third-order valence-electron chi connectivity index (χ3n) is 1.78. The van der Waals surface area contributed by atoms with Crippen LogP contribution in [0.15, 0.2) is 18.5 Å². The van der Waals surface area contributed by atoms with Gasteiger partial charge in [-0.25, -0.2) is 0 Å². The van der Waals surface area contributed by atoms with E-state index in [1.54, 1.807) is 12.3 Å². The van der Waals surface area contributed by atoms with E-state index in [4.69, 9.17) is 4.74 Å². The Bertz CT molecular complexity index is 313. The first-order valence-corrected chi connectivity index (χ1v) is 4.55. The van der Waals surface area contributed by atoms with Crippen molar-refractivity contribution >= 4 is 5.91 Å². The Morgan fingerprint density at radius 3 is 3.07 bits per heavy atom. The van der Waals surface area contributed by atoms with Gasteiger partial charge in [-0.1, -0.05) is 6.92 Å². The zero-order chi connectivity index (χ0) is 10.4. The highest BCUT2D eigenvalue weighted by Crippen LogP contribution is 2.14. The number of aromatic nitrogens is 1. The fraction of sp³-hybridized carbons (Fsp3) is 0.400. The summed E-state index contributed by atoms with van der Waals surface area (Å²) in [7, 11) is 1.52. The van der Waals surface area contributed by atoms with Gasteiger partial charge in [-0.2, -0.15) is 0 Å². The third-order valence-corrected chi connectivity index (χ3v) is 1.78. The van der Waals surface area contributed by atoms with E-state index in [2.05, 4.69) is 10.3 Å². The van der Waals surface area contributed by atoms with E-state index < -0.39 is 0 Å². The lowest BCUT2D eigenvalue weighted by Gasteiger charge is -2.07. The van der Waals surface area contributed by atoms with E-state index in [1.807, 2.05) is 6.92 Å². The monoisotopic (exact) mass is 194 g/mol. The van der Waals surface area contributed by atoms with Crippen LogP contribution in [0.5, 0.6) is 5.75 Å². The Balaban J connectivity index is 2.78. The van der Waals surface area contributed by atoms with Crippen molar-refractivity contribution in [3.05, 3.63) is 24.0 Å². The van der Waals surface area contributed by atoms with Gasteiger partial charge in [0.15, 0.2) is 0 Å². The minimum atomic E-state index is -0.119. The summed E-state index contributed by atoms with van der Waals surface area (Å²) < 4.78 is 5.02. The molecule has 0 bridgehead atoms. The van der Waals surface area contributed by atoms with Gasteiger partial charge in [-0.15, -0.1) is 0 Å². The van der Waals surface area contributed by atoms with Crippen molar-refractivity contribution in [3.63, 3.8) is 0 Å². The first-order valence-electron chi connectivity index (χ1n) is 4.55. The summed E-state index contributed by atoms with van der Waals surface area (Å²) >= 11 is 0. The number of pyridine rings is 1. The minimum absolute atomic E-state index is 0.119. The maximum Gasteiger partial charge on any atom is 0.255 e. The highest BCUT2D eigenvalue weighted by molar-refractivity contribution is 5.96. The molecule has 4 heteroatoms. The zero-order valence-electron chi connectivity index (χ0n) is 8.41. The molecule has 0 aliphatic rings. The molecule has 14 heavy (non-hydrogen) atoms. The average molecular weight is 194 g/mol. The zero-order valence-corrected chi connectivity index (χ0v) is 8.41. The van der Waals surface area contributed by atoms with Crippen LogP contribution in [0.3, 0.4) is 0 Å². The number of hydrogen-bond donors (Lipinski definition) is 1. The molecular weight excluding hydrogens is 180 g/mol. The second kappa shape index (κ2) is 5.21. The highest BCUT2D eigenvalue weighted by atomic mass is 16.5. The summed E-state index contributed by atoms with van der Waals surface area (Å²) in [5.74, 6) is 0.382. The average Bonchev–Trinajstić information content (AvgIpc) is 2.25. The maximum absolute atomic E-state index is 11.6. The van der Waals surface area contributed by atoms with E-state index in [-0.39, 0.29) is 5.91 Å². The summed E-state index contributed by atoms with van der Waals surface area (Å²) in [6, 6.07) is 1.64. The van der Waals surface area contributed by atoms with Crippen LogP contribution in [0, 0.1) is 0 Å². The predicted molar refractivity (Wildman–Crippen MR) is 53.4 cm³/mol. The van der Waals surface area contributed by atoms with E-state index in [0.29, 0.717) is 17.9 Å². The number of carbonyl (C=O) groups is 1. The fourth-order valence-electron chi connectivity index (χ4n) is 1.06. The molecular formula is C10H14N2O2. The molecule has 1 N–H and O–H groups in total. The lowest BCUT2D eigenvalue weighted by molar-refractivity contribution is 0.0950. The second-order valence-electron chi connectivity index (χ2n) is 2.83. The summed E-state index contributed by atoms with van der Waals surface area (Å²) in [6.45, 7) is 2.67. The van der Waals surface area contributed by atoms with E-state index in [9.17, 15) is 4.79 Å². The molecule has 1 aromatic heterocycles. The van der Waals surface area contributed by atoms with Crippen LogP contribution in [-0.2, 0) is 0 Å². The SMILES string of the molecule is CCCNC(=O)c1ccncc1OC. The number of nitrogens with zero attached hydrogens (tertiary/aromatic N) is 1. The lowest BCUT2D eigenvalue weighted by atomic mass is 10.2. The largest absolute Gasteiger partial charge is 0.494 e. The van der Waals surface area contributed by atoms with Crippen molar-refractivity contribution in [2.75, 3.05) is 13.7 Å². The van der Waals surface area contributed by atoms with Gasteiger partial charge in [0.2, 0.25) is 0 Å². The van der Waals surface area contributed by atoms with Crippen molar-refractivity contribution < 1.29 is 9.53 Å². The van der Waals surface area contributed by atoms with Gasteiger partial charge < -0.3 is 10.1 Å². The molecule has 4 nitrogen and oxygen atoms in total. The quantitative estimate of drug-likeness (QED) is 0.784. The van der Waals surface area contributed by atoms with E-state index >= 15 is 0 Å². The van der Waals surface area contributed by atoms with Crippen LogP contribution >= 0.6 is 0 Å². The molecule has 0 saturated heterocycles. The molecule has 0 radical (unpaired) electrons. The highest BCUT2D eigenvalue weighted by Gasteiger charge is 2.10. The van der Waals surface area contributed by atoms with Crippen molar-refractivity contribution in [1.29, 1.82) is 0 Å². The summed E-state index contributed by atoms with van der Waals surface area (Å²) in [6.07, 6.45) is 4.02. The molecule has 1 heterocycles. The number of nitrogens with one attached hydrogen (secondary N) is 1. The first kappa shape index (κ1) is 10.5. The number of rotatable bonds is 4. The standard InChI is InChI=1S/C10H14N2O2/c1-3-5-12-10(13)8-4-6-11-7-9(8)14-2/h4,6-7H,3,5H2,1-2H3,(H,12,13). The number of methoxy groups -OCH3 is 1. The molecule has 1 amide bonds. The van der Waals surface area contributed by atoms with E-state index in [1.165, 1.54) is 13.3 Å². The molecule has 0 saturated carbocycles. The molecule has 0 aliphatic heterocycles. The Morgan fingerprint density at radius 1 is 1.64 bits per heavy atom. The van der Waals surface area contributed by atoms with Gasteiger partial charge in [0.05, 0.1) is 18.9 Å².